The smallest absolute Gasteiger partial charge is 0.0368 e. The van der Waals surface area contributed by atoms with Crippen LogP contribution >= 0.6 is 55.0 Å². The van der Waals surface area contributed by atoms with Gasteiger partial charge in [0.1, 0.15) is 0 Å². The van der Waals surface area contributed by atoms with E-state index in [0.717, 1.165) is 5.33 Å². The highest BCUT2D eigenvalue weighted by atomic mass is 79.9. The SMILES string of the molecule is CSc1cc(Br)c2c(CBr)csc2c1. The van der Waals surface area contributed by atoms with Gasteiger partial charge in [0, 0.05) is 24.8 Å². The molecule has 4 heteroatoms. The fourth-order valence-corrected chi connectivity index (χ4v) is 4.60. The summed E-state index contributed by atoms with van der Waals surface area (Å²) in [6.45, 7) is 0. The maximum absolute atomic E-state index is 3.63. The van der Waals surface area contributed by atoms with Gasteiger partial charge in [-0.15, -0.1) is 23.1 Å². The molecule has 0 nitrogen and oxygen atoms in total. The second-order valence-corrected chi connectivity index (χ2v) is 6.08. The van der Waals surface area contributed by atoms with Crippen molar-refractivity contribution >= 4 is 65.0 Å². The molecule has 0 aliphatic rings. The zero-order valence-corrected chi connectivity index (χ0v) is 12.3. The molecule has 14 heavy (non-hydrogen) atoms. The minimum absolute atomic E-state index is 0.921. The van der Waals surface area contributed by atoms with Gasteiger partial charge >= 0.3 is 0 Å². The Morgan fingerprint density at radius 1 is 1.43 bits per heavy atom. The summed E-state index contributed by atoms with van der Waals surface area (Å²) in [5.41, 5.74) is 1.37. The van der Waals surface area contributed by atoms with Gasteiger partial charge in [-0.1, -0.05) is 31.9 Å². The van der Waals surface area contributed by atoms with Gasteiger partial charge < -0.3 is 0 Å². The molecule has 0 radical (unpaired) electrons. The van der Waals surface area contributed by atoms with Gasteiger partial charge in [-0.05, 0) is 29.3 Å². The molecule has 2 aromatic rings. The molecule has 0 amide bonds. The third kappa shape index (κ3) is 1.90. The standard InChI is InChI=1S/C10H8Br2S2/c1-13-7-2-8(12)10-6(4-11)5-14-9(10)3-7/h2-3,5H,4H2,1H3. The molecule has 0 bridgehead atoms. The van der Waals surface area contributed by atoms with E-state index in [9.17, 15) is 0 Å². The summed E-state index contributed by atoms with van der Waals surface area (Å²) >= 11 is 10.7. The van der Waals surface area contributed by atoms with E-state index in [2.05, 4.69) is 55.6 Å². The average molecular weight is 352 g/mol. The molecule has 0 unspecified atom stereocenters. The Balaban J connectivity index is 2.72. The Morgan fingerprint density at radius 2 is 2.21 bits per heavy atom. The maximum Gasteiger partial charge on any atom is 0.0368 e. The highest BCUT2D eigenvalue weighted by Crippen LogP contribution is 2.36. The molecule has 0 saturated carbocycles. The van der Waals surface area contributed by atoms with Crippen LogP contribution in [0.25, 0.3) is 10.1 Å². The van der Waals surface area contributed by atoms with Crippen LogP contribution in [0.2, 0.25) is 0 Å². The van der Waals surface area contributed by atoms with Gasteiger partial charge in [0.25, 0.3) is 0 Å². The van der Waals surface area contributed by atoms with Crippen LogP contribution in [0.4, 0.5) is 0 Å². The second-order valence-electron chi connectivity index (χ2n) is 2.88. The van der Waals surface area contributed by atoms with Crippen LogP contribution < -0.4 is 0 Å². The van der Waals surface area contributed by atoms with Crippen LogP contribution in [0.15, 0.2) is 26.9 Å². The van der Waals surface area contributed by atoms with E-state index < -0.39 is 0 Å². The summed E-state index contributed by atoms with van der Waals surface area (Å²) in [6.07, 6.45) is 2.10. The van der Waals surface area contributed by atoms with Gasteiger partial charge in [-0.2, -0.15) is 0 Å². The van der Waals surface area contributed by atoms with Gasteiger partial charge in [0.05, 0.1) is 0 Å². The first-order chi connectivity index (χ1) is 6.76. The van der Waals surface area contributed by atoms with Crippen molar-refractivity contribution in [3.05, 3.63) is 27.5 Å². The van der Waals surface area contributed by atoms with E-state index >= 15 is 0 Å². The fourth-order valence-electron chi connectivity index (χ4n) is 1.37. The lowest BCUT2D eigenvalue weighted by molar-refractivity contribution is 1.47. The molecular formula is C10H8Br2S2. The summed E-state index contributed by atoms with van der Waals surface area (Å²) in [7, 11) is 0. The summed E-state index contributed by atoms with van der Waals surface area (Å²) in [4.78, 5) is 1.31. The lowest BCUT2D eigenvalue weighted by Gasteiger charge is -2.01. The molecule has 0 aliphatic heterocycles. The maximum atomic E-state index is 3.63. The van der Waals surface area contributed by atoms with Crippen LogP contribution in [-0.2, 0) is 5.33 Å². The molecule has 1 heterocycles. The average Bonchev–Trinajstić information content (AvgIpc) is 2.61. The Bertz CT molecular complexity index is 462. The Morgan fingerprint density at radius 3 is 2.86 bits per heavy atom. The van der Waals surface area contributed by atoms with Crippen molar-refractivity contribution in [2.45, 2.75) is 10.2 Å². The quantitative estimate of drug-likeness (QED) is 0.523. The van der Waals surface area contributed by atoms with E-state index in [1.165, 1.54) is 25.0 Å². The third-order valence-electron chi connectivity index (χ3n) is 2.06. The highest BCUT2D eigenvalue weighted by molar-refractivity contribution is 9.10. The molecule has 0 atom stereocenters. The number of benzene rings is 1. The first-order valence-corrected chi connectivity index (χ1v) is 8.07. The largest absolute Gasteiger partial charge is 0.143 e. The van der Waals surface area contributed by atoms with Crippen LogP contribution in [0.3, 0.4) is 0 Å². The van der Waals surface area contributed by atoms with Crippen molar-refractivity contribution in [1.29, 1.82) is 0 Å². The Hall–Kier alpha value is 0.490. The fraction of sp³-hybridized carbons (Fsp3) is 0.200. The predicted molar refractivity (Wildman–Crippen MR) is 73.9 cm³/mol. The van der Waals surface area contributed by atoms with Crippen molar-refractivity contribution in [2.24, 2.45) is 0 Å². The van der Waals surface area contributed by atoms with Crippen molar-refractivity contribution in [3.63, 3.8) is 0 Å². The molecule has 0 aliphatic carbocycles. The number of hydrogen-bond donors (Lipinski definition) is 0. The highest BCUT2D eigenvalue weighted by Gasteiger charge is 2.08. The van der Waals surface area contributed by atoms with Crippen LogP contribution in [0.1, 0.15) is 5.56 Å². The topological polar surface area (TPSA) is 0 Å². The number of rotatable bonds is 2. The Labute approximate surface area is 108 Å². The van der Waals surface area contributed by atoms with E-state index in [1.54, 1.807) is 11.8 Å². The van der Waals surface area contributed by atoms with Crippen LogP contribution in [0.5, 0.6) is 0 Å². The molecule has 74 valence electrons. The minimum atomic E-state index is 0.921. The number of thiophene rings is 1. The first kappa shape index (κ1) is 11.0. The third-order valence-corrected chi connectivity index (χ3v) is 4.97. The summed E-state index contributed by atoms with van der Waals surface area (Å²) in [5, 5.41) is 4.49. The van der Waals surface area contributed by atoms with Crippen molar-refractivity contribution < 1.29 is 0 Å². The number of thioether (sulfide) groups is 1. The number of fused-ring (bicyclic) bond motifs is 1. The molecular weight excluding hydrogens is 344 g/mol. The molecule has 1 aromatic carbocycles. The summed E-state index contributed by atoms with van der Waals surface area (Å²) in [6, 6.07) is 4.44. The second kappa shape index (κ2) is 4.56. The molecule has 1 aromatic heterocycles. The van der Waals surface area contributed by atoms with Crippen molar-refractivity contribution in [1.82, 2.24) is 0 Å². The molecule has 0 saturated heterocycles. The number of alkyl halides is 1. The molecule has 0 spiro atoms. The molecule has 0 N–H and O–H groups in total. The first-order valence-electron chi connectivity index (χ1n) is 4.06. The lowest BCUT2D eigenvalue weighted by Crippen LogP contribution is -1.77. The van der Waals surface area contributed by atoms with Gasteiger partial charge in [-0.3, -0.25) is 0 Å². The zero-order chi connectivity index (χ0) is 10.1. The van der Waals surface area contributed by atoms with E-state index in [-0.39, 0.29) is 0 Å². The monoisotopic (exact) mass is 350 g/mol. The van der Waals surface area contributed by atoms with E-state index in [0.29, 0.717) is 0 Å². The van der Waals surface area contributed by atoms with Gasteiger partial charge in [0.2, 0.25) is 0 Å². The normalized spacial score (nSPS) is 11.1. The van der Waals surface area contributed by atoms with Crippen molar-refractivity contribution in [2.75, 3.05) is 6.26 Å². The zero-order valence-electron chi connectivity index (χ0n) is 7.51. The Kier molecular flexibility index (Phi) is 3.58. The van der Waals surface area contributed by atoms with Gasteiger partial charge in [0.15, 0.2) is 0 Å². The van der Waals surface area contributed by atoms with Gasteiger partial charge in [-0.25, -0.2) is 0 Å². The van der Waals surface area contributed by atoms with E-state index in [4.69, 9.17) is 0 Å². The molecule has 0 fully saturated rings. The lowest BCUT2D eigenvalue weighted by atomic mass is 10.2. The van der Waals surface area contributed by atoms with Crippen LogP contribution in [-0.4, -0.2) is 6.26 Å². The number of halogens is 2. The molecule has 2 rings (SSSR count). The van der Waals surface area contributed by atoms with Crippen LogP contribution in [0, 0.1) is 0 Å². The summed E-state index contributed by atoms with van der Waals surface area (Å²) in [5.74, 6) is 0. The van der Waals surface area contributed by atoms with E-state index in [1.807, 2.05) is 11.3 Å². The predicted octanol–water partition coefficient (Wildman–Crippen LogP) is 5.28. The number of hydrogen-bond acceptors (Lipinski definition) is 2. The van der Waals surface area contributed by atoms with Crippen molar-refractivity contribution in [3.8, 4) is 0 Å². The minimum Gasteiger partial charge on any atom is -0.143 e. The summed E-state index contributed by atoms with van der Waals surface area (Å²) < 4.78 is 2.56.